The highest BCUT2D eigenvalue weighted by Crippen LogP contribution is 2.22. The average molecular weight is 344 g/mol. The van der Waals surface area contributed by atoms with Gasteiger partial charge in [0.05, 0.1) is 24.6 Å². The van der Waals surface area contributed by atoms with E-state index in [1.807, 2.05) is 40.8 Å². The number of pyridine rings is 1. The van der Waals surface area contributed by atoms with Crippen molar-refractivity contribution in [3.8, 4) is 0 Å². The number of amides is 1. The maximum absolute atomic E-state index is 13.0. The highest BCUT2D eigenvalue weighted by molar-refractivity contribution is 7.98. The number of rotatable bonds is 6. The van der Waals surface area contributed by atoms with Crippen molar-refractivity contribution in [2.75, 3.05) is 6.26 Å². The summed E-state index contributed by atoms with van der Waals surface area (Å²) in [7, 11) is 0. The highest BCUT2D eigenvalue weighted by atomic mass is 32.2. The fourth-order valence-corrected chi connectivity index (χ4v) is 3.54. The van der Waals surface area contributed by atoms with Gasteiger partial charge in [-0.2, -0.15) is 0 Å². The summed E-state index contributed by atoms with van der Waals surface area (Å²) >= 11 is 3.13. The van der Waals surface area contributed by atoms with Gasteiger partial charge in [-0.25, -0.2) is 4.98 Å². The zero-order valence-electron chi connectivity index (χ0n) is 12.6. The van der Waals surface area contributed by atoms with Crippen LogP contribution in [0.4, 0.5) is 0 Å². The molecular weight excluding hydrogens is 328 g/mol. The number of hydrogen-bond donors (Lipinski definition) is 0. The van der Waals surface area contributed by atoms with Crippen LogP contribution in [0.1, 0.15) is 20.8 Å². The number of furan rings is 1. The van der Waals surface area contributed by atoms with E-state index in [0.29, 0.717) is 18.7 Å². The van der Waals surface area contributed by atoms with Gasteiger partial charge in [-0.3, -0.25) is 4.79 Å². The molecule has 0 aliphatic heterocycles. The van der Waals surface area contributed by atoms with Crippen LogP contribution in [-0.2, 0) is 13.1 Å². The van der Waals surface area contributed by atoms with Gasteiger partial charge in [-0.05, 0) is 35.9 Å². The predicted molar refractivity (Wildman–Crippen MR) is 92.6 cm³/mol. The lowest BCUT2D eigenvalue weighted by Gasteiger charge is -2.22. The normalized spacial score (nSPS) is 10.7. The van der Waals surface area contributed by atoms with Crippen LogP contribution in [-0.4, -0.2) is 22.0 Å². The average Bonchev–Trinajstić information content (AvgIpc) is 3.27. The van der Waals surface area contributed by atoms with Crippen LogP contribution < -0.4 is 0 Å². The Bertz CT molecular complexity index is 719. The van der Waals surface area contributed by atoms with Crippen molar-refractivity contribution >= 4 is 29.0 Å². The SMILES string of the molecule is CSc1ncccc1C(=O)N(Cc1ccoc1)Cc1cccs1. The Morgan fingerprint density at radius 1 is 1.30 bits per heavy atom. The van der Waals surface area contributed by atoms with E-state index in [1.165, 1.54) is 11.8 Å². The van der Waals surface area contributed by atoms with E-state index >= 15 is 0 Å². The van der Waals surface area contributed by atoms with Gasteiger partial charge < -0.3 is 9.32 Å². The number of carbonyl (C=O) groups excluding carboxylic acids is 1. The molecule has 23 heavy (non-hydrogen) atoms. The lowest BCUT2D eigenvalue weighted by atomic mass is 10.2. The zero-order valence-corrected chi connectivity index (χ0v) is 14.3. The Kier molecular flexibility index (Phi) is 5.15. The molecule has 6 heteroatoms. The minimum atomic E-state index is -0.0166. The van der Waals surface area contributed by atoms with Crippen LogP contribution in [0, 0.1) is 0 Å². The number of thioether (sulfide) groups is 1. The number of nitrogens with zero attached hydrogens (tertiary/aromatic N) is 2. The summed E-state index contributed by atoms with van der Waals surface area (Å²) < 4.78 is 5.13. The second-order valence-corrected chi connectivity index (χ2v) is 6.76. The molecule has 3 aromatic heterocycles. The van der Waals surface area contributed by atoms with Crippen molar-refractivity contribution < 1.29 is 9.21 Å². The van der Waals surface area contributed by atoms with E-state index in [4.69, 9.17) is 4.42 Å². The van der Waals surface area contributed by atoms with E-state index in [2.05, 4.69) is 4.98 Å². The maximum atomic E-state index is 13.0. The molecule has 3 aromatic rings. The van der Waals surface area contributed by atoms with Crippen LogP contribution in [0.25, 0.3) is 0 Å². The fraction of sp³-hybridized carbons (Fsp3) is 0.176. The van der Waals surface area contributed by atoms with Gasteiger partial charge >= 0.3 is 0 Å². The van der Waals surface area contributed by atoms with E-state index in [0.717, 1.165) is 15.5 Å². The molecule has 0 radical (unpaired) electrons. The highest BCUT2D eigenvalue weighted by Gasteiger charge is 2.20. The number of aromatic nitrogens is 1. The van der Waals surface area contributed by atoms with Crippen molar-refractivity contribution in [1.29, 1.82) is 0 Å². The summed E-state index contributed by atoms with van der Waals surface area (Å²) in [5.74, 6) is -0.0166. The minimum absolute atomic E-state index is 0.0166. The fourth-order valence-electron chi connectivity index (χ4n) is 2.28. The summed E-state index contributed by atoms with van der Waals surface area (Å²) in [6.45, 7) is 1.08. The molecule has 1 amide bonds. The summed E-state index contributed by atoms with van der Waals surface area (Å²) in [4.78, 5) is 20.3. The van der Waals surface area contributed by atoms with Gasteiger partial charge in [0.25, 0.3) is 5.91 Å². The van der Waals surface area contributed by atoms with E-state index < -0.39 is 0 Å². The summed E-state index contributed by atoms with van der Waals surface area (Å²) in [5.41, 5.74) is 1.62. The maximum Gasteiger partial charge on any atom is 0.257 e. The van der Waals surface area contributed by atoms with E-state index in [-0.39, 0.29) is 5.91 Å². The predicted octanol–water partition coefficient (Wildman–Crippen LogP) is 4.30. The van der Waals surface area contributed by atoms with Gasteiger partial charge in [0.2, 0.25) is 0 Å². The standard InChI is InChI=1S/C17H16N2O2S2/c1-22-16-15(5-2-7-18-16)17(20)19(10-13-6-8-21-12-13)11-14-4-3-9-23-14/h2-9,12H,10-11H2,1H3. The summed E-state index contributed by atoms with van der Waals surface area (Å²) in [6, 6.07) is 9.55. The third kappa shape index (κ3) is 3.83. The molecule has 3 heterocycles. The van der Waals surface area contributed by atoms with Crippen LogP contribution in [0.5, 0.6) is 0 Å². The molecule has 4 nitrogen and oxygen atoms in total. The van der Waals surface area contributed by atoms with Crippen molar-refractivity contribution in [2.45, 2.75) is 18.1 Å². The van der Waals surface area contributed by atoms with Crippen molar-refractivity contribution in [3.05, 3.63) is 70.4 Å². The molecule has 3 rings (SSSR count). The molecule has 118 valence electrons. The Balaban J connectivity index is 1.88. The van der Waals surface area contributed by atoms with Crippen LogP contribution in [0.15, 0.2) is 63.9 Å². The van der Waals surface area contributed by atoms with Gasteiger partial charge in [-0.15, -0.1) is 23.1 Å². The lowest BCUT2D eigenvalue weighted by molar-refractivity contribution is 0.0727. The van der Waals surface area contributed by atoms with Crippen LogP contribution in [0.2, 0.25) is 0 Å². The third-order valence-electron chi connectivity index (χ3n) is 3.36. The molecule has 0 aliphatic carbocycles. The molecular formula is C17H16N2O2S2. The largest absolute Gasteiger partial charge is 0.472 e. The van der Waals surface area contributed by atoms with Crippen molar-refractivity contribution in [2.24, 2.45) is 0 Å². The quantitative estimate of drug-likeness (QED) is 0.626. The molecule has 0 saturated heterocycles. The first kappa shape index (κ1) is 15.8. The first-order valence-electron chi connectivity index (χ1n) is 7.09. The Morgan fingerprint density at radius 3 is 2.91 bits per heavy atom. The van der Waals surface area contributed by atoms with E-state index in [1.54, 1.807) is 36.1 Å². The third-order valence-corrected chi connectivity index (χ3v) is 4.94. The summed E-state index contributed by atoms with van der Waals surface area (Å²) in [5, 5.41) is 2.77. The van der Waals surface area contributed by atoms with Gasteiger partial charge in [0, 0.05) is 23.2 Å². The summed E-state index contributed by atoms with van der Waals surface area (Å²) in [6.07, 6.45) is 6.94. The second-order valence-electron chi connectivity index (χ2n) is 4.93. The smallest absolute Gasteiger partial charge is 0.257 e. The lowest BCUT2D eigenvalue weighted by Crippen LogP contribution is -2.30. The first-order chi connectivity index (χ1) is 11.3. The Morgan fingerprint density at radius 2 is 2.22 bits per heavy atom. The van der Waals surface area contributed by atoms with Gasteiger partial charge in [-0.1, -0.05) is 6.07 Å². The topological polar surface area (TPSA) is 46.3 Å². The Labute approximate surface area is 143 Å². The number of carbonyl (C=O) groups is 1. The zero-order chi connectivity index (χ0) is 16.1. The molecule has 0 fully saturated rings. The van der Waals surface area contributed by atoms with Crippen LogP contribution >= 0.6 is 23.1 Å². The van der Waals surface area contributed by atoms with Crippen LogP contribution in [0.3, 0.4) is 0 Å². The molecule has 0 bridgehead atoms. The number of hydrogen-bond acceptors (Lipinski definition) is 5. The number of thiophene rings is 1. The molecule has 0 aromatic carbocycles. The van der Waals surface area contributed by atoms with Gasteiger partial charge in [0.15, 0.2) is 0 Å². The van der Waals surface area contributed by atoms with Crippen molar-refractivity contribution in [1.82, 2.24) is 9.88 Å². The molecule has 0 unspecified atom stereocenters. The first-order valence-corrected chi connectivity index (χ1v) is 9.20. The second kappa shape index (κ2) is 7.48. The minimum Gasteiger partial charge on any atom is -0.472 e. The molecule has 0 atom stereocenters. The molecule has 0 aliphatic rings. The van der Waals surface area contributed by atoms with Crippen molar-refractivity contribution in [3.63, 3.8) is 0 Å². The van der Waals surface area contributed by atoms with E-state index in [9.17, 15) is 4.79 Å². The molecule has 0 saturated carbocycles. The van der Waals surface area contributed by atoms with Gasteiger partial charge in [0.1, 0.15) is 5.03 Å². The molecule has 0 spiro atoms. The Hall–Kier alpha value is -2.05. The molecule has 0 N–H and O–H groups in total. The monoisotopic (exact) mass is 344 g/mol.